The predicted molar refractivity (Wildman–Crippen MR) is 94.6 cm³/mol. The summed E-state index contributed by atoms with van der Waals surface area (Å²) in [6, 6.07) is 6.34. The fraction of sp³-hybridized carbons (Fsp3) is 0.333. The second kappa shape index (κ2) is 6.62. The summed E-state index contributed by atoms with van der Waals surface area (Å²) in [5.41, 5.74) is 0.0102. The van der Waals surface area contributed by atoms with Gasteiger partial charge in [0.1, 0.15) is 23.4 Å². The molecule has 0 spiro atoms. The van der Waals surface area contributed by atoms with Crippen LogP contribution >= 0.6 is 0 Å². The van der Waals surface area contributed by atoms with E-state index in [1.54, 1.807) is 26.0 Å². The summed E-state index contributed by atoms with van der Waals surface area (Å²) in [5.74, 6) is 1.23. The van der Waals surface area contributed by atoms with Gasteiger partial charge in [-0.1, -0.05) is 6.07 Å². The highest BCUT2D eigenvalue weighted by Gasteiger charge is 2.45. The van der Waals surface area contributed by atoms with Crippen LogP contribution in [0.1, 0.15) is 26.3 Å². The van der Waals surface area contributed by atoms with Crippen molar-refractivity contribution in [2.24, 2.45) is 0 Å². The lowest BCUT2D eigenvalue weighted by Gasteiger charge is -2.15. The molecule has 0 unspecified atom stereocenters. The van der Waals surface area contributed by atoms with E-state index in [0.29, 0.717) is 12.4 Å². The first kappa shape index (κ1) is 17.7. The van der Waals surface area contributed by atoms with Crippen LogP contribution in [-0.2, 0) is 4.79 Å². The van der Waals surface area contributed by atoms with Crippen LogP contribution in [0.4, 0.5) is 10.6 Å². The Morgan fingerprint density at radius 3 is 2.62 bits per heavy atom. The molecule has 1 aromatic heterocycles. The summed E-state index contributed by atoms with van der Waals surface area (Å²) in [7, 11) is 0. The second-order valence-electron chi connectivity index (χ2n) is 6.37. The van der Waals surface area contributed by atoms with E-state index in [-0.39, 0.29) is 17.6 Å². The Kier molecular flexibility index (Phi) is 4.50. The summed E-state index contributed by atoms with van der Waals surface area (Å²) in [5, 5.41) is 2.61. The zero-order valence-electron chi connectivity index (χ0n) is 15.1. The van der Waals surface area contributed by atoms with Gasteiger partial charge in [0.15, 0.2) is 5.82 Å². The quantitative estimate of drug-likeness (QED) is 0.828. The van der Waals surface area contributed by atoms with Crippen molar-refractivity contribution < 1.29 is 19.1 Å². The van der Waals surface area contributed by atoms with E-state index in [1.807, 2.05) is 19.9 Å². The number of nitrogens with one attached hydrogen (secondary N) is 1. The number of ether oxygens (including phenoxy) is 2. The highest BCUT2D eigenvalue weighted by Crippen LogP contribution is 2.29. The van der Waals surface area contributed by atoms with Crippen LogP contribution < -0.4 is 19.7 Å². The van der Waals surface area contributed by atoms with E-state index >= 15 is 0 Å². The Morgan fingerprint density at radius 1 is 1.19 bits per heavy atom. The first-order chi connectivity index (χ1) is 12.3. The Balaban J connectivity index is 1.86. The van der Waals surface area contributed by atoms with Crippen molar-refractivity contribution >= 4 is 17.8 Å². The molecule has 0 aliphatic carbocycles. The lowest BCUT2D eigenvalue weighted by molar-refractivity contribution is -0.121. The largest absolute Gasteiger partial charge is 0.493 e. The third-order valence-electron chi connectivity index (χ3n) is 3.90. The lowest BCUT2D eigenvalue weighted by Crippen LogP contribution is -2.40. The normalized spacial score (nSPS) is 15.8. The Hall–Kier alpha value is -3.16. The highest BCUT2D eigenvalue weighted by molar-refractivity contribution is 6.22. The van der Waals surface area contributed by atoms with Crippen LogP contribution in [0.25, 0.3) is 0 Å². The predicted octanol–water partition coefficient (Wildman–Crippen LogP) is 2.81. The zero-order chi connectivity index (χ0) is 18.9. The van der Waals surface area contributed by atoms with Gasteiger partial charge in [-0.25, -0.2) is 19.7 Å². The standard InChI is InChI=1S/C18H20N4O4/c1-5-25-13-8-12(7-6-11(13)2)26-15-9-14(19-10-20-15)22-16(23)18(3,4)21-17(22)24/h6-10H,5H2,1-4H3,(H,21,24). The number of anilines is 1. The molecule has 3 amide bonds. The molecule has 3 rings (SSSR count). The molecule has 1 aliphatic heterocycles. The molecule has 2 heterocycles. The maximum absolute atomic E-state index is 12.4. The maximum atomic E-state index is 12.4. The van der Waals surface area contributed by atoms with Gasteiger partial charge in [-0.05, 0) is 39.3 Å². The first-order valence-electron chi connectivity index (χ1n) is 8.22. The van der Waals surface area contributed by atoms with Gasteiger partial charge < -0.3 is 14.8 Å². The molecule has 0 atom stereocenters. The van der Waals surface area contributed by atoms with Crippen molar-refractivity contribution in [1.29, 1.82) is 0 Å². The van der Waals surface area contributed by atoms with Crippen molar-refractivity contribution in [3.8, 4) is 17.4 Å². The minimum Gasteiger partial charge on any atom is -0.493 e. The summed E-state index contributed by atoms with van der Waals surface area (Å²) >= 11 is 0. The van der Waals surface area contributed by atoms with Crippen LogP contribution in [-0.4, -0.2) is 34.1 Å². The van der Waals surface area contributed by atoms with Crippen LogP contribution in [0.15, 0.2) is 30.6 Å². The van der Waals surface area contributed by atoms with Gasteiger partial charge in [-0.2, -0.15) is 0 Å². The van der Waals surface area contributed by atoms with Crippen LogP contribution in [0.3, 0.4) is 0 Å². The first-order valence-corrected chi connectivity index (χ1v) is 8.22. The molecule has 0 radical (unpaired) electrons. The van der Waals surface area contributed by atoms with E-state index in [0.717, 1.165) is 16.2 Å². The molecule has 1 aromatic carbocycles. The number of carbonyl (C=O) groups excluding carboxylic acids is 2. The highest BCUT2D eigenvalue weighted by atomic mass is 16.5. The van der Waals surface area contributed by atoms with Gasteiger partial charge >= 0.3 is 6.03 Å². The van der Waals surface area contributed by atoms with Crippen LogP contribution in [0, 0.1) is 6.92 Å². The van der Waals surface area contributed by atoms with E-state index in [9.17, 15) is 9.59 Å². The average Bonchev–Trinajstić information content (AvgIpc) is 2.78. The molecule has 1 saturated heterocycles. The van der Waals surface area contributed by atoms with Crippen molar-refractivity contribution in [2.45, 2.75) is 33.2 Å². The van der Waals surface area contributed by atoms with Gasteiger partial charge in [-0.15, -0.1) is 0 Å². The van der Waals surface area contributed by atoms with Gasteiger partial charge in [0.25, 0.3) is 5.91 Å². The lowest BCUT2D eigenvalue weighted by atomic mass is 10.1. The molecule has 26 heavy (non-hydrogen) atoms. The number of amides is 3. The Labute approximate surface area is 151 Å². The zero-order valence-corrected chi connectivity index (χ0v) is 15.1. The number of hydrogen-bond acceptors (Lipinski definition) is 6. The maximum Gasteiger partial charge on any atom is 0.330 e. The summed E-state index contributed by atoms with van der Waals surface area (Å²) in [6.07, 6.45) is 1.24. The molecule has 2 aromatic rings. The number of benzene rings is 1. The van der Waals surface area contributed by atoms with Crippen LogP contribution in [0.5, 0.6) is 17.4 Å². The fourth-order valence-corrected chi connectivity index (χ4v) is 2.54. The number of rotatable bonds is 5. The van der Waals surface area contributed by atoms with E-state index in [1.165, 1.54) is 12.4 Å². The number of nitrogens with zero attached hydrogens (tertiary/aromatic N) is 3. The Bertz CT molecular complexity index is 866. The monoisotopic (exact) mass is 356 g/mol. The summed E-state index contributed by atoms with van der Waals surface area (Å²) < 4.78 is 11.3. The molecule has 0 bridgehead atoms. The Morgan fingerprint density at radius 2 is 1.96 bits per heavy atom. The molecule has 8 nitrogen and oxygen atoms in total. The summed E-state index contributed by atoms with van der Waals surface area (Å²) in [4.78, 5) is 33.5. The number of aryl methyl sites for hydroxylation is 1. The van der Waals surface area contributed by atoms with Crippen molar-refractivity contribution in [1.82, 2.24) is 15.3 Å². The molecule has 1 aliphatic rings. The molecular formula is C18H20N4O4. The minimum absolute atomic E-state index is 0.153. The molecular weight excluding hydrogens is 336 g/mol. The number of aromatic nitrogens is 2. The SMILES string of the molecule is CCOc1cc(Oc2cc(N3C(=O)NC(C)(C)C3=O)ncn2)ccc1C. The van der Waals surface area contributed by atoms with Crippen LogP contribution in [0.2, 0.25) is 0 Å². The van der Waals surface area contributed by atoms with Crippen molar-refractivity contribution in [3.63, 3.8) is 0 Å². The number of carbonyl (C=O) groups is 2. The fourth-order valence-electron chi connectivity index (χ4n) is 2.54. The van der Waals surface area contributed by atoms with Gasteiger partial charge in [0, 0.05) is 12.1 Å². The topological polar surface area (TPSA) is 93.7 Å². The third-order valence-corrected chi connectivity index (χ3v) is 3.90. The van der Waals surface area contributed by atoms with E-state index < -0.39 is 11.6 Å². The number of hydrogen-bond donors (Lipinski definition) is 1. The van der Waals surface area contributed by atoms with Gasteiger partial charge in [0.05, 0.1) is 6.61 Å². The molecule has 8 heteroatoms. The molecule has 136 valence electrons. The van der Waals surface area contributed by atoms with Gasteiger partial charge in [-0.3, -0.25) is 4.79 Å². The molecule has 1 N–H and O–H groups in total. The number of imide groups is 1. The van der Waals surface area contributed by atoms with Crippen molar-refractivity contribution in [2.75, 3.05) is 11.5 Å². The summed E-state index contributed by atoms with van der Waals surface area (Å²) in [6.45, 7) is 7.66. The molecule has 1 fully saturated rings. The third kappa shape index (κ3) is 3.30. The number of urea groups is 1. The van der Waals surface area contributed by atoms with E-state index in [2.05, 4.69) is 15.3 Å². The van der Waals surface area contributed by atoms with E-state index in [4.69, 9.17) is 9.47 Å². The van der Waals surface area contributed by atoms with Crippen molar-refractivity contribution in [3.05, 3.63) is 36.2 Å². The minimum atomic E-state index is -0.980. The smallest absolute Gasteiger partial charge is 0.330 e. The average molecular weight is 356 g/mol. The second-order valence-corrected chi connectivity index (χ2v) is 6.37. The molecule has 0 saturated carbocycles. The van der Waals surface area contributed by atoms with Gasteiger partial charge in [0.2, 0.25) is 5.88 Å².